The molecule has 2 saturated heterocycles. The molecule has 2 aliphatic heterocycles. The predicted molar refractivity (Wildman–Crippen MR) is 102 cm³/mol. The van der Waals surface area contributed by atoms with Crippen molar-refractivity contribution in [3.8, 4) is 0 Å². The third-order valence-electron chi connectivity index (χ3n) is 6.24. The van der Waals surface area contributed by atoms with Gasteiger partial charge < -0.3 is 9.80 Å². The second kappa shape index (κ2) is 8.33. The van der Waals surface area contributed by atoms with Crippen LogP contribution in [0, 0.1) is 0 Å². The zero-order chi connectivity index (χ0) is 17.8. The molecule has 0 atom stereocenters. The van der Waals surface area contributed by atoms with Crippen molar-refractivity contribution in [1.82, 2.24) is 20.0 Å². The highest BCUT2D eigenvalue weighted by molar-refractivity contribution is 5.92. The Balaban J connectivity index is 1.31. The molecule has 3 heterocycles. The number of amides is 1. The Morgan fingerprint density at radius 2 is 1.50 bits per heavy atom. The maximum absolute atomic E-state index is 12.8. The highest BCUT2D eigenvalue weighted by Gasteiger charge is 2.28. The fourth-order valence-corrected chi connectivity index (χ4v) is 4.63. The number of hydrogen-bond acceptors (Lipinski definition) is 5. The number of piperidine rings is 1. The van der Waals surface area contributed by atoms with Gasteiger partial charge in [0.1, 0.15) is 0 Å². The van der Waals surface area contributed by atoms with Crippen LogP contribution in [0.4, 0.5) is 5.82 Å². The van der Waals surface area contributed by atoms with Crippen molar-refractivity contribution in [2.75, 3.05) is 44.2 Å². The summed E-state index contributed by atoms with van der Waals surface area (Å²) >= 11 is 0. The molecule has 0 aromatic carbocycles. The summed E-state index contributed by atoms with van der Waals surface area (Å²) in [4.78, 5) is 19.6. The largest absolute Gasteiger partial charge is 0.355 e. The fourth-order valence-electron chi connectivity index (χ4n) is 4.63. The van der Waals surface area contributed by atoms with Gasteiger partial charge in [-0.25, -0.2) is 0 Å². The first kappa shape index (κ1) is 17.7. The lowest BCUT2D eigenvalue weighted by molar-refractivity contribution is 0.0517. The number of piperazine rings is 1. The smallest absolute Gasteiger partial charge is 0.274 e. The van der Waals surface area contributed by atoms with E-state index in [0.717, 1.165) is 51.1 Å². The molecule has 1 saturated carbocycles. The molecular formula is C20H31N5O. The Bertz CT molecular complexity index is 585. The molecule has 1 aromatic heterocycles. The summed E-state index contributed by atoms with van der Waals surface area (Å²) in [6.07, 6.45) is 10.5. The van der Waals surface area contributed by atoms with E-state index in [1.165, 1.54) is 51.4 Å². The minimum absolute atomic E-state index is 0.0333. The van der Waals surface area contributed by atoms with Crippen LogP contribution in [0.25, 0.3) is 0 Å². The first-order valence-electron chi connectivity index (χ1n) is 10.4. The van der Waals surface area contributed by atoms with E-state index in [1.807, 2.05) is 17.0 Å². The van der Waals surface area contributed by atoms with E-state index in [9.17, 15) is 4.79 Å². The van der Waals surface area contributed by atoms with Crippen LogP contribution < -0.4 is 4.90 Å². The molecule has 0 unspecified atom stereocenters. The van der Waals surface area contributed by atoms with E-state index >= 15 is 0 Å². The van der Waals surface area contributed by atoms with Crippen molar-refractivity contribution in [2.45, 2.75) is 57.4 Å². The van der Waals surface area contributed by atoms with Crippen LogP contribution in [0.5, 0.6) is 0 Å². The van der Waals surface area contributed by atoms with E-state index in [0.29, 0.717) is 5.69 Å². The van der Waals surface area contributed by atoms with Gasteiger partial charge in [-0.05, 0) is 44.2 Å². The molecule has 26 heavy (non-hydrogen) atoms. The van der Waals surface area contributed by atoms with Crippen molar-refractivity contribution < 1.29 is 4.79 Å². The summed E-state index contributed by atoms with van der Waals surface area (Å²) in [6, 6.07) is 4.56. The fraction of sp³-hybridized carbons (Fsp3) is 0.750. The molecule has 3 aliphatic rings. The first-order valence-corrected chi connectivity index (χ1v) is 10.4. The summed E-state index contributed by atoms with van der Waals surface area (Å²) in [7, 11) is 0. The lowest BCUT2D eigenvalue weighted by atomic mass is 9.94. The number of rotatable bonds is 3. The van der Waals surface area contributed by atoms with Gasteiger partial charge in [-0.1, -0.05) is 19.3 Å². The summed E-state index contributed by atoms with van der Waals surface area (Å²) in [5.41, 5.74) is 0.483. The zero-order valence-electron chi connectivity index (χ0n) is 15.8. The second-order valence-electron chi connectivity index (χ2n) is 7.94. The molecule has 0 spiro atoms. The Morgan fingerprint density at radius 3 is 2.15 bits per heavy atom. The second-order valence-corrected chi connectivity index (χ2v) is 7.94. The molecule has 3 fully saturated rings. The predicted octanol–water partition coefficient (Wildman–Crippen LogP) is 2.56. The lowest BCUT2D eigenvalue weighted by Crippen LogP contribution is -2.52. The van der Waals surface area contributed by atoms with Gasteiger partial charge in [0.25, 0.3) is 5.91 Å². The van der Waals surface area contributed by atoms with E-state index in [2.05, 4.69) is 20.0 Å². The number of anilines is 1. The van der Waals surface area contributed by atoms with Gasteiger partial charge in [0.15, 0.2) is 11.5 Å². The lowest BCUT2D eigenvalue weighted by Gasteiger charge is -2.40. The number of carbonyl (C=O) groups excluding carboxylic acids is 1. The topological polar surface area (TPSA) is 52.6 Å². The molecule has 0 N–H and O–H groups in total. The number of hydrogen-bond donors (Lipinski definition) is 0. The van der Waals surface area contributed by atoms with Gasteiger partial charge in [0.05, 0.1) is 0 Å². The van der Waals surface area contributed by atoms with Crippen LogP contribution in [0.2, 0.25) is 0 Å². The number of aromatic nitrogens is 2. The molecular weight excluding hydrogens is 326 g/mol. The monoisotopic (exact) mass is 357 g/mol. The van der Waals surface area contributed by atoms with Crippen LogP contribution >= 0.6 is 0 Å². The van der Waals surface area contributed by atoms with Gasteiger partial charge in [0.2, 0.25) is 0 Å². The van der Waals surface area contributed by atoms with Gasteiger partial charge in [-0.15, -0.1) is 10.2 Å². The van der Waals surface area contributed by atoms with Gasteiger partial charge in [-0.3, -0.25) is 9.69 Å². The van der Waals surface area contributed by atoms with Crippen molar-refractivity contribution >= 4 is 11.7 Å². The van der Waals surface area contributed by atoms with Crippen LogP contribution in [0.15, 0.2) is 12.1 Å². The van der Waals surface area contributed by atoms with E-state index in [1.54, 1.807) is 0 Å². The Morgan fingerprint density at radius 1 is 0.808 bits per heavy atom. The molecule has 1 amide bonds. The van der Waals surface area contributed by atoms with Gasteiger partial charge in [0, 0.05) is 45.3 Å². The molecule has 6 nitrogen and oxygen atoms in total. The highest BCUT2D eigenvalue weighted by atomic mass is 16.2. The SMILES string of the molecule is O=C(c1ccc(N2CCCCC2)nn1)N1CCN(C2CCCCC2)CC1. The maximum Gasteiger partial charge on any atom is 0.274 e. The van der Waals surface area contributed by atoms with Crippen molar-refractivity contribution in [3.63, 3.8) is 0 Å². The normalized spacial score (nSPS) is 23.2. The molecule has 1 aliphatic carbocycles. The Hall–Kier alpha value is -1.69. The van der Waals surface area contributed by atoms with Crippen LogP contribution in [-0.2, 0) is 0 Å². The molecule has 0 radical (unpaired) electrons. The average molecular weight is 358 g/mol. The highest BCUT2D eigenvalue weighted by Crippen LogP contribution is 2.24. The van der Waals surface area contributed by atoms with E-state index in [4.69, 9.17) is 0 Å². The molecule has 4 rings (SSSR count). The maximum atomic E-state index is 12.8. The van der Waals surface area contributed by atoms with Crippen molar-refractivity contribution in [2.24, 2.45) is 0 Å². The summed E-state index contributed by atoms with van der Waals surface area (Å²) in [6.45, 7) is 5.71. The quantitative estimate of drug-likeness (QED) is 0.832. The van der Waals surface area contributed by atoms with Crippen LogP contribution in [-0.4, -0.2) is 71.2 Å². The minimum Gasteiger partial charge on any atom is -0.355 e. The van der Waals surface area contributed by atoms with Gasteiger partial charge >= 0.3 is 0 Å². The molecule has 6 heteroatoms. The molecule has 0 bridgehead atoms. The van der Waals surface area contributed by atoms with Crippen LogP contribution in [0.1, 0.15) is 61.9 Å². The third kappa shape index (κ3) is 4.00. The van der Waals surface area contributed by atoms with Gasteiger partial charge in [-0.2, -0.15) is 0 Å². The first-order chi connectivity index (χ1) is 12.8. The minimum atomic E-state index is 0.0333. The Kier molecular flexibility index (Phi) is 5.68. The summed E-state index contributed by atoms with van der Waals surface area (Å²) in [5.74, 6) is 0.939. The van der Waals surface area contributed by atoms with Crippen LogP contribution in [0.3, 0.4) is 0 Å². The van der Waals surface area contributed by atoms with E-state index in [-0.39, 0.29) is 5.91 Å². The average Bonchev–Trinajstić information content (AvgIpc) is 2.75. The standard InChI is InChI=1S/C20H31N5O/c26-20(18-9-10-19(22-21-18)24-11-5-2-6-12-24)25-15-13-23(14-16-25)17-7-3-1-4-8-17/h9-10,17H,1-8,11-16H2. The van der Waals surface area contributed by atoms with Crippen molar-refractivity contribution in [1.29, 1.82) is 0 Å². The summed E-state index contributed by atoms with van der Waals surface area (Å²) < 4.78 is 0. The number of nitrogens with zero attached hydrogens (tertiary/aromatic N) is 5. The summed E-state index contributed by atoms with van der Waals surface area (Å²) in [5, 5.41) is 8.57. The molecule has 142 valence electrons. The number of carbonyl (C=O) groups is 1. The zero-order valence-corrected chi connectivity index (χ0v) is 15.8. The van der Waals surface area contributed by atoms with E-state index < -0.39 is 0 Å². The Labute approximate surface area is 156 Å². The van der Waals surface area contributed by atoms with Crippen molar-refractivity contribution in [3.05, 3.63) is 17.8 Å². The molecule has 1 aromatic rings. The third-order valence-corrected chi connectivity index (χ3v) is 6.24.